The Bertz CT molecular complexity index is 1480. The Morgan fingerprint density at radius 1 is 0.974 bits per heavy atom. The summed E-state index contributed by atoms with van der Waals surface area (Å²) in [5.41, 5.74) is -2.54. The third-order valence-corrected chi connectivity index (χ3v) is 11.1. The van der Waals surface area contributed by atoms with Crippen molar-refractivity contribution in [3.8, 4) is 0 Å². The molecular weight excluding hydrogens is 575 g/mol. The van der Waals surface area contributed by atoms with Crippen molar-refractivity contribution < 1.29 is 35.1 Å². The van der Waals surface area contributed by atoms with E-state index >= 15 is 0 Å². The molecule has 0 aliphatic carbocycles. The number of thiophene rings is 1. The highest BCUT2D eigenvalue weighted by atomic mass is 32.2. The number of anilines is 2. The minimum absolute atomic E-state index is 0.0545. The molecule has 0 radical (unpaired) electrons. The first-order chi connectivity index (χ1) is 18.1. The standard InChI is InChI=1S/C25H28F3N3O5S3/c1-24(32,25(26,27)28)19-10-12-20(13-11-19)30-15-14-29(39(35,36)23-9-6-16-37-23)17-22(30)18-31(38(2,33)34)21-7-4-3-5-8-21/h3-13,16,22,32H,14-15,17-18H2,1-2H3/t22-,24?/m1/s1. The van der Waals surface area contributed by atoms with E-state index in [4.69, 9.17) is 0 Å². The van der Waals surface area contributed by atoms with Crippen LogP contribution < -0.4 is 9.21 Å². The van der Waals surface area contributed by atoms with Crippen molar-refractivity contribution in [3.05, 3.63) is 77.7 Å². The number of rotatable bonds is 8. The molecule has 14 heteroatoms. The van der Waals surface area contributed by atoms with E-state index in [1.807, 2.05) is 0 Å². The van der Waals surface area contributed by atoms with Gasteiger partial charge >= 0.3 is 6.18 Å². The zero-order valence-electron chi connectivity index (χ0n) is 21.1. The van der Waals surface area contributed by atoms with Crippen LogP contribution in [0.4, 0.5) is 24.5 Å². The topological polar surface area (TPSA) is 98.2 Å². The predicted octanol–water partition coefficient (Wildman–Crippen LogP) is 3.86. The number of aliphatic hydroxyl groups is 1. The van der Waals surface area contributed by atoms with Crippen LogP contribution in [-0.4, -0.2) is 70.9 Å². The Hall–Kier alpha value is -2.65. The molecule has 1 aromatic heterocycles. The van der Waals surface area contributed by atoms with Gasteiger partial charge in [-0.2, -0.15) is 17.5 Å². The molecule has 0 bridgehead atoms. The smallest absolute Gasteiger partial charge is 0.376 e. The van der Waals surface area contributed by atoms with Crippen molar-refractivity contribution in [2.75, 3.05) is 41.6 Å². The molecule has 1 aliphatic rings. The highest BCUT2D eigenvalue weighted by molar-refractivity contribution is 7.92. The molecule has 0 saturated carbocycles. The van der Waals surface area contributed by atoms with Gasteiger partial charge in [-0.1, -0.05) is 36.4 Å². The lowest BCUT2D eigenvalue weighted by Gasteiger charge is -2.43. The summed E-state index contributed by atoms with van der Waals surface area (Å²) in [4.78, 5) is 1.79. The van der Waals surface area contributed by atoms with Crippen LogP contribution in [0.15, 0.2) is 76.3 Å². The molecule has 8 nitrogen and oxygen atoms in total. The van der Waals surface area contributed by atoms with E-state index in [2.05, 4.69) is 0 Å². The average Bonchev–Trinajstić information content (AvgIpc) is 3.42. The lowest BCUT2D eigenvalue weighted by atomic mass is 9.95. The van der Waals surface area contributed by atoms with Crippen molar-refractivity contribution >= 4 is 42.8 Å². The van der Waals surface area contributed by atoms with Gasteiger partial charge in [0.15, 0.2) is 5.60 Å². The predicted molar refractivity (Wildman–Crippen MR) is 145 cm³/mol. The largest absolute Gasteiger partial charge is 0.421 e. The number of benzene rings is 2. The summed E-state index contributed by atoms with van der Waals surface area (Å²) in [6.07, 6.45) is -3.83. The fourth-order valence-electron chi connectivity index (χ4n) is 4.44. The molecular formula is C25H28F3N3O5S3. The second-order valence-electron chi connectivity index (χ2n) is 9.39. The van der Waals surface area contributed by atoms with Crippen molar-refractivity contribution in [1.29, 1.82) is 0 Å². The minimum atomic E-state index is -4.88. The Labute approximate surface area is 230 Å². The van der Waals surface area contributed by atoms with Crippen molar-refractivity contribution in [2.24, 2.45) is 0 Å². The third-order valence-electron chi connectivity index (χ3n) is 6.67. The fourth-order valence-corrected chi connectivity index (χ4v) is 8.00. The number of alkyl halides is 3. The molecule has 1 fully saturated rings. The number of nitrogens with zero attached hydrogens (tertiary/aromatic N) is 3. The first-order valence-electron chi connectivity index (χ1n) is 11.8. The van der Waals surface area contributed by atoms with Gasteiger partial charge in [-0.25, -0.2) is 16.8 Å². The van der Waals surface area contributed by atoms with Crippen molar-refractivity contribution in [2.45, 2.75) is 29.0 Å². The van der Waals surface area contributed by atoms with Crippen LogP contribution in [0.25, 0.3) is 0 Å². The van der Waals surface area contributed by atoms with E-state index in [1.165, 1.54) is 38.9 Å². The van der Waals surface area contributed by atoms with Crippen LogP contribution in [0, 0.1) is 0 Å². The number of sulfonamides is 2. The maximum absolute atomic E-state index is 13.3. The second kappa shape index (κ2) is 10.7. The lowest BCUT2D eigenvalue weighted by Crippen LogP contribution is -2.59. The summed E-state index contributed by atoms with van der Waals surface area (Å²) in [6, 6.07) is 16.0. The summed E-state index contributed by atoms with van der Waals surface area (Å²) < 4.78 is 94.9. The van der Waals surface area contributed by atoms with Gasteiger partial charge in [-0.15, -0.1) is 11.3 Å². The Kier molecular flexibility index (Phi) is 8.07. The van der Waals surface area contributed by atoms with Crippen LogP contribution in [0.2, 0.25) is 0 Å². The molecule has 2 heterocycles. The van der Waals surface area contributed by atoms with E-state index < -0.39 is 37.9 Å². The molecule has 1 saturated heterocycles. The number of piperazine rings is 1. The van der Waals surface area contributed by atoms with Gasteiger partial charge in [0.2, 0.25) is 10.0 Å². The Balaban J connectivity index is 1.71. The van der Waals surface area contributed by atoms with Gasteiger partial charge in [0.05, 0.1) is 24.5 Å². The first kappa shape index (κ1) is 29.3. The first-order valence-corrected chi connectivity index (χ1v) is 16.0. The van der Waals surface area contributed by atoms with E-state index in [1.54, 1.807) is 46.7 Å². The van der Waals surface area contributed by atoms with Gasteiger partial charge in [0, 0.05) is 25.3 Å². The maximum Gasteiger partial charge on any atom is 0.421 e. The van der Waals surface area contributed by atoms with Gasteiger partial charge < -0.3 is 10.0 Å². The molecule has 3 aromatic rings. The van der Waals surface area contributed by atoms with Crippen LogP contribution in [0.5, 0.6) is 0 Å². The van der Waals surface area contributed by atoms with E-state index in [9.17, 15) is 35.1 Å². The number of hydrogen-bond donors (Lipinski definition) is 1. The summed E-state index contributed by atoms with van der Waals surface area (Å²) in [7, 11) is -7.62. The van der Waals surface area contributed by atoms with Crippen LogP contribution in [-0.2, 0) is 25.6 Å². The molecule has 1 aliphatic heterocycles. The molecule has 4 rings (SSSR count). The zero-order valence-corrected chi connectivity index (χ0v) is 23.6. The van der Waals surface area contributed by atoms with Gasteiger partial charge in [0.25, 0.3) is 10.0 Å². The molecule has 0 amide bonds. The number of halogens is 3. The van der Waals surface area contributed by atoms with Crippen molar-refractivity contribution in [3.63, 3.8) is 0 Å². The molecule has 2 atom stereocenters. The molecule has 2 aromatic carbocycles. The summed E-state index contributed by atoms with van der Waals surface area (Å²) in [5, 5.41) is 11.7. The molecule has 1 N–H and O–H groups in total. The quantitative estimate of drug-likeness (QED) is 0.420. The number of hydrogen-bond acceptors (Lipinski definition) is 7. The van der Waals surface area contributed by atoms with Gasteiger partial charge in [-0.05, 0) is 48.2 Å². The molecule has 39 heavy (non-hydrogen) atoms. The fraction of sp³-hybridized carbons (Fsp3) is 0.360. The lowest BCUT2D eigenvalue weighted by molar-refractivity contribution is -0.258. The SMILES string of the molecule is CC(O)(c1ccc(N2CCN(S(=O)(=O)c3cccs3)C[C@@H]2CN(c2ccccc2)S(C)(=O)=O)cc1)C(F)(F)F. The highest BCUT2D eigenvalue weighted by Gasteiger charge is 2.51. The van der Waals surface area contributed by atoms with Gasteiger partial charge in [0.1, 0.15) is 4.21 Å². The van der Waals surface area contributed by atoms with Gasteiger partial charge in [-0.3, -0.25) is 4.31 Å². The molecule has 1 unspecified atom stereocenters. The highest BCUT2D eigenvalue weighted by Crippen LogP contribution is 2.39. The minimum Gasteiger partial charge on any atom is -0.376 e. The van der Waals surface area contributed by atoms with Crippen LogP contribution in [0.3, 0.4) is 0 Å². The van der Waals surface area contributed by atoms with E-state index in [-0.39, 0.29) is 36.0 Å². The average molecular weight is 604 g/mol. The third kappa shape index (κ3) is 6.09. The normalized spacial score (nSPS) is 19.0. The summed E-state index contributed by atoms with van der Waals surface area (Å²) in [5.74, 6) is 0. The molecule has 212 valence electrons. The van der Waals surface area contributed by atoms with Crippen LogP contribution >= 0.6 is 11.3 Å². The van der Waals surface area contributed by atoms with Crippen molar-refractivity contribution in [1.82, 2.24) is 4.31 Å². The Morgan fingerprint density at radius 3 is 2.15 bits per heavy atom. The second-order valence-corrected chi connectivity index (χ2v) is 14.4. The zero-order chi connectivity index (χ0) is 28.6. The maximum atomic E-state index is 13.3. The summed E-state index contributed by atoms with van der Waals surface area (Å²) >= 11 is 1.08. The molecule has 0 spiro atoms. The van der Waals surface area contributed by atoms with E-state index in [0.717, 1.165) is 17.6 Å². The van der Waals surface area contributed by atoms with E-state index in [0.29, 0.717) is 18.3 Å². The Morgan fingerprint density at radius 2 is 1.62 bits per heavy atom. The number of para-hydroxylation sites is 1. The van der Waals surface area contributed by atoms with Crippen LogP contribution in [0.1, 0.15) is 12.5 Å². The monoisotopic (exact) mass is 603 g/mol. The summed E-state index contributed by atoms with van der Waals surface area (Å²) in [6.45, 7) is 0.755.